The van der Waals surface area contributed by atoms with Gasteiger partial charge in [-0.25, -0.2) is 9.50 Å². The lowest BCUT2D eigenvalue weighted by Crippen LogP contribution is -1.93. The molecule has 2 aromatic heterocycles. The van der Waals surface area contributed by atoms with Crippen LogP contribution in [-0.2, 0) is 0 Å². The van der Waals surface area contributed by atoms with Gasteiger partial charge in [-0.3, -0.25) is 0 Å². The van der Waals surface area contributed by atoms with Gasteiger partial charge in [0, 0.05) is 5.56 Å². The minimum absolute atomic E-state index is 0.792. The number of hydrogen-bond donors (Lipinski definition) is 0. The van der Waals surface area contributed by atoms with E-state index in [0.717, 1.165) is 28.4 Å². The highest BCUT2D eigenvalue weighted by molar-refractivity contribution is 5.64. The van der Waals surface area contributed by atoms with Crippen molar-refractivity contribution in [2.24, 2.45) is 0 Å². The van der Waals surface area contributed by atoms with Crippen LogP contribution in [0.2, 0.25) is 0 Å². The fourth-order valence-electron chi connectivity index (χ4n) is 2.41. The Morgan fingerprint density at radius 3 is 2.50 bits per heavy atom. The fraction of sp³-hybridized carbons (Fsp3) is 0. The molecule has 0 N–H and O–H groups in total. The highest BCUT2D eigenvalue weighted by Gasteiger charge is 2.06. The van der Waals surface area contributed by atoms with Gasteiger partial charge in [0.25, 0.3) is 0 Å². The van der Waals surface area contributed by atoms with Crippen LogP contribution < -0.4 is 4.74 Å². The minimum atomic E-state index is 0.792. The molecule has 0 aliphatic carbocycles. The van der Waals surface area contributed by atoms with E-state index in [1.165, 1.54) is 0 Å². The highest BCUT2D eigenvalue weighted by Crippen LogP contribution is 2.27. The molecule has 0 radical (unpaired) electrons. The van der Waals surface area contributed by atoms with Gasteiger partial charge in [-0.1, -0.05) is 36.4 Å². The summed E-state index contributed by atoms with van der Waals surface area (Å²) in [4.78, 5) is 4.22. The number of nitrogens with zero attached hydrogens (tertiary/aromatic N) is 3. The molecule has 0 saturated heterocycles. The summed E-state index contributed by atoms with van der Waals surface area (Å²) in [5.41, 5.74) is 2.84. The van der Waals surface area contributed by atoms with Crippen molar-refractivity contribution in [3.8, 4) is 22.8 Å². The van der Waals surface area contributed by atoms with Gasteiger partial charge in [0.05, 0.1) is 5.69 Å². The first kappa shape index (κ1) is 12.6. The average molecular weight is 287 g/mol. The van der Waals surface area contributed by atoms with E-state index in [4.69, 9.17) is 4.74 Å². The van der Waals surface area contributed by atoms with Crippen molar-refractivity contribution in [1.29, 1.82) is 0 Å². The largest absolute Gasteiger partial charge is 0.457 e. The second-order valence-corrected chi connectivity index (χ2v) is 4.88. The van der Waals surface area contributed by atoms with E-state index in [9.17, 15) is 0 Å². The van der Waals surface area contributed by atoms with Crippen LogP contribution in [0.5, 0.6) is 11.5 Å². The van der Waals surface area contributed by atoms with Crippen molar-refractivity contribution < 1.29 is 4.74 Å². The molecule has 4 heteroatoms. The Balaban J connectivity index is 1.74. The minimum Gasteiger partial charge on any atom is -0.457 e. The fourth-order valence-corrected chi connectivity index (χ4v) is 2.41. The van der Waals surface area contributed by atoms with Gasteiger partial charge in [-0.15, -0.1) is 0 Å². The summed E-state index contributed by atoms with van der Waals surface area (Å²) in [6.07, 6.45) is 1.56. The molecule has 0 saturated carbocycles. The maximum Gasteiger partial charge on any atom is 0.155 e. The zero-order valence-electron chi connectivity index (χ0n) is 11.8. The van der Waals surface area contributed by atoms with Crippen molar-refractivity contribution in [2.75, 3.05) is 0 Å². The Kier molecular flexibility index (Phi) is 3.05. The molecule has 4 nitrogen and oxygen atoms in total. The van der Waals surface area contributed by atoms with Crippen LogP contribution in [0.3, 0.4) is 0 Å². The van der Waals surface area contributed by atoms with Crippen LogP contribution in [0.15, 0.2) is 79.1 Å². The molecule has 2 aromatic carbocycles. The average Bonchev–Trinajstić information content (AvgIpc) is 3.04. The molecule has 4 aromatic rings. The van der Waals surface area contributed by atoms with Gasteiger partial charge in [0.2, 0.25) is 0 Å². The molecule has 4 rings (SSSR count). The third-order valence-electron chi connectivity index (χ3n) is 3.41. The molecule has 0 atom stereocenters. The normalized spacial score (nSPS) is 10.7. The maximum atomic E-state index is 5.89. The van der Waals surface area contributed by atoms with Gasteiger partial charge < -0.3 is 4.74 Å². The number of ether oxygens (including phenoxy) is 1. The number of hydrogen-bond acceptors (Lipinski definition) is 3. The molecular weight excluding hydrogens is 274 g/mol. The summed E-state index contributed by atoms with van der Waals surface area (Å²) in [7, 11) is 0. The van der Waals surface area contributed by atoms with E-state index in [1.807, 2.05) is 77.3 Å². The highest BCUT2D eigenvalue weighted by atomic mass is 16.5. The van der Waals surface area contributed by atoms with Crippen molar-refractivity contribution >= 4 is 5.65 Å². The molecule has 0 aliphatic rings. The van der Waals surface area contributed by atoms with Crippen molar-refractivity contribution in [3.63, 3.8) is 0 Å². The van der Waals surface area contributed by atoms with E-state index < -0.39 is 0 Å². The third-order valence-corrected chi connectivity index (χ3v) is 3.41. The Labute approximate surface area is 127 Å². The van der Waals surface area contributed by atoms with Crippen molar-refractivity contribution in [3.05, 3.63) is 79.1 Å². The number of fused-ring (bicyclic) bond motifs is 1. The second-order valence-electron chi connectivity index (χ2n) is 4.88. The summed E-state index contributed by atoms with van der Waals surface area (Å²) in [6.45, 7) is 0. The Morgan fingerprint density at radius 2 is 1.59 bits per heavy atom. The second kappa shape index (κ2) is 5.33. The first-order valence-electron chi connectivity index (χ1n) is 7.02. The lowest BCUT2D eigenvalue weighted by molar-refractivity contribution is 0.483. The quantitative estimate of drug-likeness (QED) is 0.567. The number of benzene rings is 2. The first-order chi connectivity index (χ1) is 10.9. The summed E-state index contributed by atoms with van der Waals surface area (Å²) >= 11 is 0. The number of rotatable bonds is 3. The number of aromatic nitrogens is 3. The van der Waals surface area contributed by atoms with Gasteiger partial charge in [0.15, 0.2) is 5.65 Å². The van der Waals surface area contributed by atoms with Crippen molar-refractivity contribution in [2.45, 2.75) is 0 Å². The number of pyridine rings is 1. The monoisotopic (exact) mass is 287 g/mol. The summed E-state index contributed by atoms with van der Waals surface area (Å²) in [5.74, 6) is 1.61. The van der Waals surface area contributed by atoms with Gasteiger partial charge in [-0.2, -0.15) is 5.10 Å². The van der Waals surface area contributed by atoms with E-state index in [2.05, 4.69) is 10.1 Å². The summed E-state index contributed by atoms with van der Waals surface area (Å²) in [6, 6.07) is 23.6. The molecule has 0 bridgehead atoms. The zero-order valence-corrected chi connectivity index (χ0v) is 11.8. The molecule has 0 aliphatic heterocycles. The predicted octanol–water partition coefficient (Wildman–Crippen LogP) is 4.19. The number of para-hydroxylation sites is 1. The molecule has 22 heavy (non-hydrogen) atoms. The van der Waals surface area contributed by atoms with Crippen LogP contribution in [-0.4, -0.2) is 14.6 Å². The maximum absolute atomic E-state index is 5.89. The van der Waals surface area contributed by atoms with E-state index >= 15 is 0 Å². The van der Waals surface area contributed by atoms with Crippen LogP contribution in [0, 0.1) is 0 Å². The lowest BCUT2D eigenvalue weighted by Gasteiger charge is -2.08. The van der Waals surface area contributed by atoms with Gasteiger partial charge >= 0.3 is 0 Å². The topological polar surface area (TPSA) is 39.4 Å². The first-order valence-corrected chi connectivity index (χ1v) is 7.02. The predicted molar refractivity (Wildman–Crippen MR) is 84.9 cm³/mol. The molecule has 0 amide bonds. The van der Waals surface area contributed by atoms with Crippen LogP contribution >= 0.6 is 0 Å². The Hall–Kier alpha value is -3.14. The van der Waals surface area contributed by atoms with Crippen LogP contribution in [0.25, 0.3) is 16.9 Å². The molecule has 0 fully saturated rings. The SMILES string of the molecule is c1ccc(Oc2cccc(-c3cccc4ncnn34)c2)cc1. The van der Waals surface area contributed by atoms with Crippen LogP contribution in [0.4, 0.5) is 0 Å². The molecule has 2 heterocycles. The molecule has 0 unspecified atom stereocenters. The third kappa shape index (κ3) is 2.31. The summed E-state index contributed by atoms with van der Waals surface area (Å²) in [5, 5.41) is 4.27. The van der Waals surface area contributed by atoms with E-state index in [0.29, 0.717) is 0 Å². The lowest BCUT2D eigenvalue weighted by atomic mass is 10.1. The van der Waals surface area contributed by atoms with E-state index in [1.54, 1.807) is 6.33 Å². The molecule has 106 valence electrons. The standard InChI is InChI=1S/C18H13N3O/c1-2-7-15(8-3-1)22-16-9-4-6-14(12-16)17-10-5-11-18-19-13-20-21(17)18/h1-13H. The zero-order chi connectivity index (χ0) is 14.8. The van der Waals surface area contributed by atoms with E-state index in [-0.39, 0.29) is 0 Å². The molecular formula is C18H13N3O. The summed E-state index contributed by atoms with van der Waals surface area (Å²) < 4.78 is 7.71. The Bertz CT molecular complexity index is 916. The smallest absolute Gasteiger partial charge is 0.155 e. The molecule has 0 spiro atoms. The van der Waals surface area contributed by atoms with Crippen LogP contribution in [0.1, 0.15) is 0 Å². The van der Waals surface area contributed by atoms with Crippen molar-refractivity contribution in [1.82, 2.24) is 14.6 Å². The Morgan fingerprint density at radius 1 is 0.773 bits per heavy atom. The van der Waals surface area contributed by atoms with Gasteiger partial charge in [0.1, 0.15) is 17.8 Å². The van der Waals surface area contributed by atoms with Gasteiger partial charge in [-0.05, 0) is 36.4 Å².